The van der Waals surface area contributed by atoms with Gasteiger partial charge in [0.15, 0.2) is 0 Å². The van der Waals surface area contributed by atoms with Crippen LogP contribution in [-0.4, -0.2) is 37.4 Å². The van der Waals surface area contributed by atoms with E-state index in [1.165, 1.54) is 4.90 Å². The van der Waals surface area contributed by atoms with E-state index in [-0.39, 0.29) is 24.3 Å². The van der Waals surface area contributed by atoms with Crippen molar-refractivity contribution in [3.05, 3.63) is 59.7 Å². The average molecular weight is 367 g/mol. The molecule has 2 aromatic rings. The van der Waals surface area contributed by atoms with Crippen LogP contribution in [-0.2, 0) is 16.1 Å². The van der Waals surface area contributed by atoms with E-state index in [2.05, 4.69) is 10.6 Å². The number of carbonyl (C=O) groups is 3. The number of methoxy groups -OCH3 is 1. The molecule has 0 bridgehead atoms. The van der Waals surface area contributed by atoms with Crippen LogP contribution in [0.1, 0.15) is 22.8 Å². The summed E-state index contributed by atoms with van der Waals surface area (Å²) in [4.78, 5) is 38.7. The van der Waals surface area contributed by atoms with Gasteiger partial charge in [0.1, 0.15) is 18.3 Å². The number of para-hydroxylation sites is 1. The first kappa shape index (κ1) is 18.4. The summed E-state index contributed by atoms with van der Waals surface area (Å²) >= 11 is 0. The molecule has 1 aliphatic rings. The van der Waals surface area contributed by atoms with E-state index < -0.39 is 6.04 Å². The molecule has 0 saturated heterocycles. The molecular formula is C20H21N3O4. The van der Waals surface area contributed by atoms with Gasteiger partial charge in [0.2, 0.25) is 11.8 Å². The van der Waals surface area contributed by atoms with Crippen LogP contribution >= 0.6 is 0 Å². The van der Waals surface area contributed by atoms with E-state index in [9.17, 15) is 14.4 Å². The second kappa shape index (κ2) is 7.90. The molecule has 0 aliphatic carbocycles. The number of ether oxygens (including phenoxy) is 1. The first-order valence-electron chi connectivity index (χ1n) is 8.60. The number of nitrogens with one attached hydrogen (secondary N) is 2. The topological polar surface area (TPSA) is 87.7 Å². The Kier molecular flexibility index (Phi) is 5.40. The van der Waals surface area contributed by atoms with Crippen LogP contribution < -0.4 is 20.3 Å². The molecule has 0 unspecified atom stereocenters. The highest BCUT2D eigenvalue weighted by Crippen LogP contribution is 2.24. The van der Waals surface area contributed by atoms with Crippen LogP contribution in [0.2, 0.25) is 0 Å². The average Bonchev–Trinajstić information content (AvgIpc) is 2.77. The zero-order valence-corrected chi connectivity index (χ0v) is 15.2. The number of nitrogens with zero attached hydrogens (tertiary/aromatic N) is 1. The van der Waals surface area contributed by atoms with Gasteiger partial charge in [0.25, 0.3) is 5.91 Å². The van der Waals surface area contributed by atoms with E-state index in [0.29, 0.717) is 17.8 Å². The number of anilines is 1. The Labute approximate surface area is 157 Å². The third-order valence-corrected chi connectivity index (χ3v) is 4.37. The predicted octanol–water partition coefficient (Wildman–Crippen LogP) is 1.48. The maximum absolute atomic E-state index is 12.7. The summed E-state index contributed by atoms with van der Waals surface area (Å²) in [5, 5.41) is 5.45. The second-order valence-electron chi connectivity index (χ2n) is 6.26. The molecule has 140 valence electrons. The second-order valence-corrected chi connectivity index (χ2v) is 6.26. The lowest BCUT2D eigenvalue weighted by molar-refractivity contribution is -0.124. The maximum atomic E-state index is 12.7. The maximum Gasteiger partial charge on any atom is 0.254 e. The van der Waals surface area contributed by atoms with Gasteiger partial charge >= 0.3 is 0 Å². The summed E-state index contributed by atoms with van der Waals surface area (Å²) in [5.41, 5.74) is 1.72. The van der Waals surface area contributed by atoms with Gasteiger partial charge in [-0.25, -0.2) is 0 Å². The number of amides is 3. The van der Waals surface area contributed by atoms with Crippen molar-refractivity contribution in [1.82, 2.24) is 10.6 Å². The summed E-state index contributed by atoms with van der Waals surface area (Å²) in [6.07, 6.45) is 0. The van der Waals surface area contributed by atoms with E-state index in [0.717, 1.165) is 11.3 Å². The molecule has 7 heteroatoms. The minimum Gasteiger partial charge on any atom is -0.497 e. The van der Waals surface area contributed by atoms with E-state index in [1.807, 2.05) is 24.3 Å². The van der Waals surface area contributed by atoms with Gasteiger partial charge in [-0.1, -0.05) is 24.3 Å². The number of carbonyl (C=O) groups excluding carboxylic acids is 3. The molecule has 1 aliphatic heterocycles. The van der Waals surface area contributed by atoms with Gasteiger partial charge < -0.3 is 20.3 Å². The van der Waals surface area contributed by atoms with Crippen molar-refractivity contribution in [1.29, 1.82) is 0 Å². The Bertz CT molecular complexity index is 864. The van der Waals surface area contributed by atoms with Crippen molar-refractivity contribution in [3.8, 4) is 5.75 Å². The van der Waals surface area contributed by atoms with Crippen molar-refractivity contribution in [2.24, 2.45) is 0 Å². The molecule has 1 heterocycles. The molecule has 7 nitrogen and oxygen atoms in total. The molecule has 3 rings (SSSR count). The predicted molar refractivity (Wildman–Crippen MR) is 101 cm³/mol. The van der Waals surface area contributed by atoms with Crippen LogP contribution in [0, 0.1) is 0 Å². The highest BCUT2D eigenvalue weighted by atomic mass is 16.5. The number of benzene rings is 2. The quantitative estimate of drug-likeness (QED) is 0.838. The van der Waals surface area contributed by atoms with Crippen LogP contribution in [0.3, 0.4) is 0 Å². The van der Waals surface area contributed by atoms with Gasteiger partial charge in [0, 0.05) is 6.54 Å². The fourth-order valence-electron chi connectivity index (χ4n) is 2.90. The van der Waals surface area contributed by atoms with E-state index >= 15 is 0 Å². The molecule has 1 atom stereocenters. The highest BCUT2D eigenvalue weighted by Gasteiger charge is 2.32. The summed E-state index contributed by atoms with van der Waals surface area (Å²) in [7, 11) is 1.59. The van der Waals surface area contributed by atoms with Gasteiger partial charge in [-0.2, -0.15) is 0 Å². The molecule has 2 aromatic carbocycles. The van der Waals surface area contributed by atoms with E-state index in [1.54, 1.807) is 38.3 Å². The SMILES string of the molecule is COc1ccc(CNC(=O)CN2C(=O)[C@H](C)NC(=O)c3ccccc32)cc1. The Balaban J connectivity index is 1.72. The summed E-state index contributed by atoms with van der Waals surface area (Å²) in [6, 6.07) is 13.4. The lowest BCUT2D eigenvalue weighted by Crippen LogP contribution is -2.47. The third-order valence-electron chi connectivity index (χ3n) is 4.37. The van der Waals surface area contributed by atoms with Crippen molar-refractivity contribution < 1.29 is 19.1 Å². The van der Waals surface area contributed by atoms with Gasteiger partial charge in [-0.3, -0.25) is 14.4 Å². The van der Waals surface area contributed by atoms with Crippen LogP contribution in [0.15, 0.2) is 48.5 Å². The van der Waals surface area contributed by atoms with Gasteiger partial charge in [-0.15, -0.1) is 0 Å². The highest BCUT2D eigenvalue weighted by molar-refractivity contribution is 6.12. The fourth-order valence-corrected chi connectivity index (χ4v) is 2.90. The summed E-state index contributed by atoms with van der Waals surface area (Å²) in [5.74, 6) is -0.223. The van der Waals surface area contributed by atoms with E-state index in [4.69, 9.17) is 4.74 Å². The Hall–Kier alpha value is -3.35. The standard InChI is InChI=1S/C20H21N3O4/c1-13-20(26)23(17-6-4-3-5-16(17)19(25)22-13)12-18(24)21-11-14-7-9-15(27-2)10-8-14/h3-10,13H,11-12H2,1-2H3,(H,21,24)(H,22,25)/t13-/m0/s1. The first-order valence-corrected chi connectivity index (χ1v) is 8.60. The van der Waals surface area contributed by atoms with Crippen LogP contribution in [0.5, 0.6) is 5.75 Å². The lowest BCUT2D eigenvalue weighted by atomic mass is 10.1. The van der Waals surface area contributed by atoms with Crippen LogP contribution in [0.4, 0.5) is 5.69 Å². The van der Waals surface area contributed by atoms with Crippen molar-refractivity contribution >= 4 is 23.4 Å². The molecule has 3 amide bonds. The molecule has 0 spiro atoms. The minimum absolute atomic E-state index is 0.161. The lowest BCUT2D eigenvalue weighted by Gasteiger charge is -2.23. The Morgan fingerprint density at radius 1 is 1.15 bits per heavy atom. The Morgan fingerprint density at radius 2 is 1.85 bits per heavy atom. The normalized spacial score (nSPS) is 16.2. The van der Waals surface area contributed by atoms with Gasteiger partial charge in [0.05, 0.1) is 18.4 Å². The zero-order valence-electron chi connectivity index (χ0n) is 15.2. The van der Waals surface area contributed by atoms with Crippen LogP contribution in [0.25, 0.3) is 0 Å². The largest absolute Gasteiger partial charge is 0.497 e. The number of fused-ring (bicyclic) bond motifs is 1. The summed E-state index contributed by atoms with van der Waals surface area (Å²) in [6.45, 7) is 1.78. The molecule has 27 heavy (non-hydrogen) atoms. The molecular weight excluding hydrogens is 346 g/mol. The number of hydrogen-bond donors (Lipinski definition) is 2. The molecule has 0 radical (unpaired) electrons. The minimum atomic E-state index is -0.709. The fraction of sp³-hybridized carbons (Fsp3) is 0.250. The Morgan fingerprint density at radius 3 is 2.56 bits per heavy atom. The molecule has 2 N–H and O–H groups in total. The zero-order chi connectivity index (χ0) is 19.4. The van der Waals surface area contributed by atoms with Crippen molar-refractivity contribution in [3.63, 3.8) is 0 Å². The summed E-state index contributed by atoms with van der Waals surface area (Å²) < 4.78 is 5.11. The number of hydrogen-bond acceptors (Lipinski definition) is 4. The number of rotatable bonds is 5. The molecule has 0 saturated carbocycles. The molecule has 0 aromatic heterocycles. The monoisotopic (exact) mass is 367 g/mol. The third kappa shape index (κ3) is 4.08. The smallest absolute Gasteiger partial charge is 0.254 e. The van der Waals surface area contributed by atoms with Crippen molar-refractivity contribution in [2.45, 2.75) is 19.5 Å². The molecule has 0 fully saturated rings. The van der Waals surface area contributed by atoms with Crippen molar-refractivity contribution in [2.75, 3.05) is 18.6 Å². The van der Waals surface area contributed by atoms with Gasteiger partial charge in [-0.05, 0) is 36.8 Å². The first-order chi connectivity index (χ1) is 13.0.